The summed E-state index contributed by atoms with van der Waals surface area (Å²) >= 11 is 7.95. The lowest BCUT2D eigenvalue weighted by atomic mass is 10.2. The Morgan fingerprint density at radius 3 is 2.75 bits per heavy atom. The molecule has 102 valence electrons. The third-order valence-corrected chi connectivity index (χ3v) is 3.45. The van der Waals surface area contributed by atoms with Gasteiger partial charge in [0.1, 0.15) is 5.82 Å². The number of hydrogen-bond acceptors (Lipinski definition) is 2. The van der Waals surface area contributed by atoms with Crippen LogP contribution in [0.15, 0.2) is 47.6 Å². The number of nitrogens with one attached hydrogen (secondary N) is 1. The predicted molar refractivity (Wildman–Crippen MR) is 85.6 cm³/mol. The summed E-state index contributed by atoms with van der Waals surface area (Å²) in [5, 5.41) is 3.95. The number of carbonyl (C=O) groups is 1. The number of halogens is 3. The zero-order valence-corrected chi connectivity index (χ0v) is 13.0. The molecule has 0 radical (unpaired) electrons. The highest BCUT2D eigenvalue weighted by molar-refractivity contribution is 14.1. The van der Waals surface area contributed by atoms with Crippen LogP contribution in [0.25, 0.3) is 0 Å². The molecule has 3 nitrogen and oxygen atoms in total. The third kappa shape index (κ3) is 3.77. The molecule has 0 spiro atoms. The highest BCUT2D eigenvalue weighted by Crippen LogP contribution is 2.16. The van der Waals surface area contributed by atoms with Crippen LogP contribution in [0.5, 0.6) is 0 Å². The van der Waals surface area contributed by atoms with Crippen LogP contribution in [-0.2, 0) is 0 Å². The Morgan fingerprint density at radius 2 is 2.05 bits per heavy atom. The van der Waals surface area contributed by atoms with E-state index < -0.39 is 5.82 Å². The molecule has 0 aliphatic rings. The molecule has 0 aliphatic heterocycles. The second-order valence-corrected chi connectivity index (χ2v) is 5.50. The highest BCUT2D eigenvalue weighted by atomic mass is 127. The molecule has 20 heavy (non-hydrogen) atoms. The van der Waals surface area contributed by atoms with E-state index in [0.29, 0.717) is 5.56 Å². The zero-order chi connectivity index (χ0) is 14.5. The molecule has 0 unspecified atom stereocenters. The van der Waals surface area contributed by atoms with Crippen molar-refractivity contribution in [2.45, 2.75) is 0 Å². The molecular formula is C14H9ClFIN2O. The average Bonchev–Trinajstić information content (AvgIpc) is 2.42. The first-order valence-electron chi connectivity index (χ1n) is 5.61. The van der Waals surface area contributed by atoms with Gasteiger partial charge in [0, 0.05) is 14.7 Å². The first-order chi connectivity index (χ1) is 9.58. The van der Waals surface area contributed by atoms with Crippen molar-refractivity contribution < 1.29 is 9.18 Å². The van der Waals surface area contributed by atoms with E-state index in [-0.39, 0.29) is 16.5 Å². The molecule has 1 N–H and O–H groups in total. The number of nitrogens with zero attached hydrogens (tertiary/aromatic N) is 1. The average molecular weight is 403 g/mol. The smallest absolute Gasteiger partial charge is 0.267 e. The normalized spacial score (nSPS) is 10.8. The Hall–Kier alpha value is -1.47. The van der Waals surface area contributed by atoms with Gasteiger partial charge in [-0.25, -0.2) is 9.82 Å². The summed E-state index contributed by atoms with van der Waals surface area (Å²) in [5.74, 6) is -0.864. The van der Waals surface area contributed by atoms with Crippen molar-refractivity contribution in [2.75, 3.05) is 0 Å². The number of carbonyl (C=O) groups excluding carboxylic acids is 1. The Morgan fingerprint density at radius 1 is 1.30 bits per heavy atom. The van der Waals surface area contributed by atoms with Crippen LogP contribution in [0, 0.1) is 9.39 Å². The number of hydrogen-bond donors (Lipinski definition) is 1. The van der Waals surface area contributed by atoms with E-state index in [1.54, 1.807) is 24.3 Å². The van der Waals surface area contributed by atoms with Crippen molar-refractivity contribution in [3.05, 3.63) is 68.0 Å². The summed E-state index contributed by atoms with van der Waals surface area (Å²) in [5.41, 5.74) is 2.95. The van der Waals surface area contributed by atoms with Crippen molar-refractivity contribution >= 4 is 46.3 Å². The minimum Gasteiger partial charge on any atom is -0.267 e. The Labute approximate surface area is 134 Å². The van der Waals surface area contributed by atoms with Crippen LogP contribution in [0.2, 0.25) is 5.02 Å². The predicted octanol–water partition coefficient (Wildman–Crippen LogP) is 3.85. The molecule has 0 atom stereocenters. The standard InChI is InChI=1S/C14H9ClFIN2O/c15-12-5-2-6-13(16)11(12)8-18-19-14(20)9-3-1-4-10(17)7-9/h1-8H,(H,19,20)/b18-8-. The molecule has 2 aromatic rings. The molecule has 1 amide bonds. The van der Waals surface area contributed by atoms with Crippen LogP contribution < -0.4 is 5.43 Å². The van der Waals surface area contributed by atoms with E-state index in [0.717, 1.165) is 3.57 Å². The van der Waals surface area contributed by atoms with Gasteiger partial charge in [0.25, 0.3) is 5.91 Å². The lowest BCUT2D eigenvalue weighted by Crippen LogP contribution is -2.17. The van der Waals surface area contributed by atoms with Crippen LogP contribution in [-0.4, -0.2) is 12.1 Å². The molecule has 6 heteroatoms. The second kappa shape index (κ2) is 6.81. The Bertz CT molecular complexity index is 656. The van der Waals surface area contributed by atoms with Gasteiger partial charge in [-0.2, -0.15) is 5.10 Å². The van der Waals surface area contributed by atoms with Crippen LogP contribution in [0.3, 0.4) is 0 Å². The quantitative estimate of drug-likeness (QED) is 0.473. The van der Waals surface area contributed by atoms with Gasteiger partial charge < -0.3 is 0 Å². The summed E-state index contributed by atoms with van der Waals surface area (Å²) in [7, 11) is 0. The Kier molecular flexibility index (Phi) is 5.08. The summed E-state index contributed by atoms with van der Waals surface area (Å²) < 4.78 is 14.4. The van der Waals surface area contributed by atoms with E-state index in [2.05, 4.69) is 33.1 Å². The maximum atomic E-state index is 13.5. The number of amides is 1. The first kappa shape index (κ1) is 14.9. The fraction of sp³-hybridized carbons (Fsp3) is 0. The summed E-state index contributed by atoms with van der Waals surface area (Å²) in [6, 6.07) is 11.4. The van der Waals surface area contributed by atoms with Crippen molar-refractivity contribution in [2.24, 2.45) is 5.10 Å². The molecule has 2 rings (SSSR count). The van der Waals surface area contributed by atoms with Gasteiger partial charge in [-0.15, -0.1) is 0 Å². The molecule has 0 saturated heterocycles. The molecule has 0 bridgehead atoms. The molecule has 0 fully saturated rings. The van der Waals surface area contributed by atoms with E-state index in [1.165, 1.54) is 18.3 Å². The van der Waals surface area contributed by atoms with Crippen molar-refractivity contribution in [1.82, 2.24) is 5.43 Å². The maximum Gasteiger partial charge on any atom is 0.271 e. The monoisotopic (exact) mass is 402 g/mol. The Balaban J connectivity index is 2.09. The molecular weight excluding hydrogens is 394 g/mol. The van der Waals surface area contributed by atoms with Crippen LogP contribution in [0.1, 0.15) is 15.9 Å². The second-order valence-electron chi connectivity index (χ2n) is 3.84. The van der Waals surface area contributed by atoms with Gasteiger partial charge >= 0.3 is 0 Å². The van der Waals surface area contributed by atoms with Gasteiger partial charge in [-0.05, 0) is 52.9 Å². The zero-order valence-electron chi connectivity index (χ0n) is 10.1. The minimum absolute atomic E-state index is 0.136. The number of benzene rings is 2. The van der Waals surface area contributed by atoms with Gasteiger partial charge in [-0.1, -0.05) is 23.7 Å². The number of rotatable bonds is 3. The van der Waals surface area contributed by atoms with E-state index >= 15 is 0 Å². The molecule has 0 aromatic heterocycles. The molecule has 0 saturated carbocycles. The fourth-order valence-corrected chi connectivity index (χ4v) is 2.24. The first-order valence-corrected chi connectivity index (χ1v) is 7.06. The van der Waals surface area contributed by atoms with E-state index in [1.807, 2.05) is 6.07 Å². The lowest BCUT2D eigenvalue weighted by molar-refractivity contribution is 0.0955. The number of hydrazone groups is 1. The maximum absolute atomic E-state index is 13.5. The van der Waals surface area contributed by atoms with Crippen LogP contribution >= 0.6 is 34.2 Å². The SMILES string of the molecule is O=C(N/N=C\c1c(F)cccc1Cl)c1cccc(I)c1. The summed E-state index contributed by atoms with van der Waals surface area (Å²) in [6.45, 7) is 0. The topological polar surface area (TPSA) is 41.5 Å². The van der Waals surface area contributed by atoms with Crippen LogP contribution in [0.4, 0.5) is 4.39 Å². The van der Waals surface area contributed by atoms with Gasteiger partial charge in [-0.3, -0.25) is 4.79 Å². The van der Waals surface area contributed by atoms with Crippen molar-refractivity contribution in [3.8, 4) is 0 Å². The lowest BCUT2D eigenvalue weighted by Gasteiger charge is -2.01. The van der Waals surface area contributed by atoms with Gasteiger partial charge in [0.2, 0.25) is 0 Å². The largest absolute Gasteiger partial charge is 0.271 e. The molecule has 0 aliphatic carbocycles. The fourth-order valence-electron chi connectivity index (χ4n) is 1.48. The third-order valence-electron chi connectivity index (χ3n) is 2.45. The van der Waals surface area contributed by atoms with Crippen molar-refractivity contribution in [1.29, 1.82) is 0 Å². The van der Waals surface area contributed by atoms with Crippen molar-refractivity contribution in [3.63, 3.8) is 0 Å². The van der Waals surface area contributed by atoms with E-state index in [4.69, 9.17) is 11.6 Å². The molecule has 0 heterocycles. The summed E-state index contributed by atoms with van der Waals surface area (Å²) in [6.07, 6.45) is 1.18. The van der Waals surface area contributed by atoms with Gasteiger partial charge in [0.05, 0.1) is 11.2 Å². The van der Waals surface area contributed by atoms with Gasteiger partial charge in [0.15, 0.2) is 0 Å². The highest BCUT2D eigenvalue weighted by Gasteiger charge is 2.06. The van der Waals surface area contributed by atoms with E-state index in [9.17, 15) is 9.18 Å². The minimum atomic E-state index is -0.496. The summed E-state index contributed by atoms with van der Waals surface area (Å²) in [4.78, 5) is 11.8. The molecule has 2 aromatic carbocycles.